The Morgan fingerprint density at radius 1 is 1.37 bits per heavy atom. The highest BCUT2D eigenvalue weighted by atomic mass is 35.5. The number of nitrogens with zero attached hydrogens (tertiary/aromatic N) is 3. The van der Waals surface area contributed by atoms with Crippen LogP contribution in [0, 0.1) is 17.3 Å². The van der Waals surface area contributed by atoms with Crippen molar-refractivity contribution in [3.63, 3.8) is 0 Å². The molecule has 3 aromatic rings. The minimum atomic E-state index is -1.34. The molecule has 0 unspecified atom stereocenters. The number of alkyl halides is 1. The maximum atomic E-state index is 15.7. The summed E-state index contributed by atoms with van der Waals surface area (Å²) >= 11 is 7.88. The van der Waals surface area contributed by atoms with Crippen LogP contribution < -0.4 is 4.74 Å². The molecule has 0 saturated carbocycles. The van der Waals surface area contributed by atoms with Gasteiger partial charge < -0.3 is 9.84 Å². The number of ether oxygens (including phenoxy) is 1. The van der Waals surface area contributed by atoms with Gasteiger partial charge in [0.05, 0.1) is 30.6 Å². The quantitative estimate of drug-likeness (QED) is 0.385. The number of carbonyl (C=O) groups is 1. The zero-order valence-electron chi connectivity index (χ0n) is 19.5. The number of aliphatic carboxylic acids is 1. The highest BCUT2D eigenvalue weighted by Gasteiger charge is 2.37. The highest BCUT2D eigenvalue weighted by Crippen LogP contribution is 2.44. The van der Waals surface area contributed by atoms with E-state index in [4.69, 9.17) is 16.3 Å². The molecule has 3 heterocycles. The van der Waals surface area contributed by atoms with Gasteiger partial charge in [0.1, 0.15) is 11.9 Å². The van der Waals surface area contributed by atoms with Gasteiger partial charge in [0.2, 0.25) is 0 Å². The van der Waals surface area contributed by atoms with Crippen molar-refractivity contribution in [2.24, 2.45) is 5.41 Å². The van der Waals surface area contributed by atoms with Gasteiger partial charge >= 0.3 is 5.97 Å². The lowest BCUT2D eigenvalue weighted by molar-refractivity contribution is -0.141. The third kappa shape index (κ3) is 6.29. The van der Waals surface area contributed by atoms with E-state index >= 15 is 4.39 Å². The lowest BCUT2D eigenvalue weighted by Gasteiger charge is -2.41. The number of pyridine rings is 1. The fourth-order valence-corrected chi connectivity index (χ4v) is 5.50. The molecule has 1 atom stereocenters. The van der Waals surface area contributed by atoms with Gasteiger partial charge in [-0.3, -0.25) is 14.7 Å². The largest absolute Gasteiger partial charge is 0.497 e. The first-order valence-corrected chi connectivity index (χ1v) is 12.7. The maximum absolute atomic E-state index is 15.7. The zero-order chi connectivity index (χ0) is 24.8. The van der Waals surface area contributed by atoms with Gasteiger partial charge in [-0.25, -0.2) is 9.37 Å². The Morgan fingerprint density at radius 3 is 2.86 bits per heavy atom. The standard InChI is InChI=1S/C26H27ClFN3O3S/c1-34-18-4-5-22-19(15-18)25(20(27)17-30-22)21(28)6-7-26(16-24(32)33)8-12-31(13-9-26)11-2-3-23-29-10-14-35-23/h4-5,10,14-15,17,21H,6-9,11-13,16H2,1H3,(H,32,33)/t21-/m1/s1. The molecule has 6 nitrogen and oxygen atoms in total. The number of rotatable bonds is 8. The highest BCUT2D eigenvalue weighted by molar-refractivity contribution is 7.10. The van der Waals surface area contributed by atoms with Gasteiger partial charge in [0.25, 0.3) is 0 Å². The van der Waals surface area contributed by atoms with E-state index in [1.165, 1.54) is 17.5 Å². The van der Waals surface area contributed by atoms with Crippen LogP contribution in [0.1, 0.15) is 48.8 Å². The summed E-state index contributed by atoms with van der Waals surface area (Å²) in [4.78, 5) is 22.4. The summed E-state index contributed by atoms with van der Waals surface area (Å²) in [5, 5.41) is 13.1. The molecule has 4 rings (SSSR count). The van der Waals surface area contributed by atoms with Gasteiger partial charge in [-0.05, 0) is 68.3 Å². The normalized spacial score (nSPS) is 16.4. The van der Waals surface area contributed by atoms with Gasteiger partial charge in [-0.1, -0.05) is 17.5 Å². The molecule has 1 N–H and O–H groups in total. The lowest BCUT2D eigenvalue weighted by Crippen LogP contribution is -2.41. The number of likely N-dealkylation sites (tertiary alicyclic amines) is 1. The third-order valence-corrected chi connectivity index (χ3v) is 7.67. The summed E-state index contributed by atoms with van der Waals surface area (Å²) in [5.41, 5.74) is 0.568. The average molecular weight is 516 g/mol. The number of fused-ring (bicyclic) bond motifs is 1. The molecule has 35 heavy (non-hydrogen) atoms. The molecule has 0 amide bonds. The van der Waals surface area contributed by atoms with E-state index in [1.807, 2.05) is 5.38 Å². The van der Waals surface area contributed by atoms with Crippen LogP contribution in [0.2, 0.25) is 5.02 Å². The Kier molecular flexibility index (Phi) is 8.22. The predicted octanol–water partition coefficient (Wildman–Crippen LogP) is 5.75. The van der Waals surface area contributed by atoms with Crippen molar-refractivity contribution in [1.29, 1.82) is 0 Å². The van der Waals surface area contributed by atoms with Crippen LogP contribution in [-0.4, -0.2) is 52.7 Å². The average Bonchev–Trinajstić information content (AvgIpc) is 3.36. The minimum absolute atomic E-state index is 0.0248. The van der Waals surface area contributed by atoms with Crippen LogP contribution in [0.4, 0.5) is 4.39 Å². The van der Waals surface area contributed by atoms with Crippen LogP contribution in [0.3, 0.4) is 0 Å². The van der Waals surface area contributed by atoms with E-state index < -0.39 is 17.6 Å². The summed E-state index contributed by atoms with van der Waals surface area (Å²) < 4.78 is 21.0. The third-order valence-electron chi connectivity index (χ3n) is 6.68. The minimum Gasteiger partial charge on any atom is -0.497 e. The number of hydrogen-bond donors (Lipinski definition) is 1. The number of aromatic nitrogens is 2. The topological polar surface area (TPSA) is 75.6 Å². The molecule has 1 aromatic carbocycles. The van der Waals surface area contributed by atoms with Gasteiger partial charge in [-0.2, -0.15) is 0 Å². The van der Waals surface area contributed by atoms with E-state index in [-0.39, 0.29) is 17.9 Å². The summed E-state index contributed by atoms with van der Waals surface area (Å²) in [6.45, 7) is 2.06. The molecular weight excluding hydrogens is 489 g/mol. The molecule has 1 fully saturated rings. The molecule has 184 valence electrons. The number of carboxylic acids is 1. The summed E-state index contributed by atoms with van der Waals surface area (Å²) in [6.07, 6.45) is 3.90. The first-order valence-electron chi connectivity index (χ1n) is 11.5. The predicted molar refractivity (Wildman–Crippen MR) is 136 cm³/mol. The molecule has 0 radical (unpaired) electrons. The smallest absolute Gasteiger partial charge is 0.303 e. The van der Waals surface area contributed by atoms with Gasteiger partial charge in [-0.15, -0.1) is 11.3 Å². The fourth-order valence-electron chi connectivity index (χ4n) is 4.72. The van der Waals surface area contributed by atoms with Crippen molar-refractivity contribution >= 4 is 39.8 Å². The number of hydrogen-bond acceptors (Lipinski definition) is 6. The van der Waals surface area contributed by atoms with Crippen molar-refractivity contribution in [3.8, 4) is 17.6 Å². The number of methoxy groups -OCH3 is 1. The molecule has 0 bridgehead atoms. The van der Waals surface area contributed by atoms with Crippen molar-refractivity contribution < 1.29 is 19.0 Å². The zero-order valence-corrected chi connectivity index (χ0v) is 21.0. The number of halogens is 2. The molecule has 1 aliphatic rings. The van der Waals surface area contributed by atoms with Crippen LogP contribution in [0.5, 0.6) is 5.75 Å². The van der Waals surface area contributed by atoms with E-state index in [0.717, 1.165) is 18.1 Å². The van der Waals surface area contributed by atoms with Crippen molar-refractivity contribution in [2.45, 2.75) is 38.3 Å². The summed E-state index contributed by atoms with van der Waals surface area (Å²) in [6, 6.07) is 5.30. The Bertz CT molecular complexity index is 1230. The van der Waals surface area contributed by atoms with E-state index in [0.29, 0.717) is 48.0 Å². The van der Waals surface area contributed by atoms with E-state index in [2.05, 4.69) is 26.7 Å². The van der Waals surface area contributed by atoms with Crippen molar-refractivity contribution in [1.82, 2.24) is 14.9 Å². The number of thiazole rings is 1. The van der Waals surface area contributed by atoms with Crippen LogP contribution >= 0.6 is 22.9 Å². The fraction of sp³-hybridized carbons (Fsp3) is 0.423. The molecule has 9 heteroatoms. The molecule has 0 aliphatic carbocycles. The summed E-state index contributed by atoms with van der Waals surface area (Å²) in [7, 11) is 1.55. The van der Waals surface area contributed by atoms with Crippen LogP contribution in [0.25, 0.3) is 10.9 Å². The number of carboxylic acid groups (broad SMARTS) is 1. The van der Waals surface area contributed by atoms with Crippen LogP contribution in [0.15, 0.2) is 36.0 Å². The number of benzene rings is 1. The number of piperidine rings is 1. The second-order valence-corrected chi connectivity index (χ2v) is 10.2. The van der Waals surface area contributed by atoms with Crippen molar-refractivity contribution in [2.75, 3.05) is 26.7 Å². The monoisotopic (exact) mass is 515 g/mol. The van der Waals surface area contributed by atoms with Crippen molar-refractivity contribution in [3.05, 3.63) is 51.6 Å². The Hall–Kier alpha value is -2.73. The van der Waals surface area contributed by atoms with E-state index in [9.17, 15) is 9.90 Å². The molecule has 1 aliphatic heterocycles. The molecular formula is C26H27ClFN3O3S. The summed E-state index contributed by atoms with van der Waals surface area (Å²) in [5.74, 6) is 5.95. The van der Waals surface area contributed by atoms with Gasteiger partial charge in [0.15, 0.2) is 5.01 Å². The second kappa shape index (κ2) is 11.3. The second-order valence-electron chi connectivity index (χ2n) is 8.89. The Labute approximate surface area is 213 Å². The first-order chi connectivity index (χ1) is 16.9. The Balaban J connectivity index is 1.44. The SMILES string of the molecule is COc1ccc2ncc(Cl)c([C@H](F)CCC3(CC(=O)O)CCN(CC#Cc4nccs4)CC3)c2c1. The maximum Gasteiger partial charge on any atom is 0.303 e. The Morgan fingerprint density at radius 2 is 2.17 bits per heavy atom. The van der Waals surface area contributed by atoms with Crippen LogP contribution in [-0.2, 0) is 4.79 Å². The van der Waals surface area contributed by atoms with Gasteiger partial charge in [0, 0.05) is 28.7 Å². The lowest BCUT2D eigenvalue weighted by atomic mass is 9.71. The molecule has 0 spiro atoms. The molecule has 1 saturated heterocycles. The first kappa shape index (κ1) is 25.4. The van der Waals surface area contributed by atoms with E-state index in [1.54, 1.807) is 31.5 Å². The molecule has 2 aromatic heterocycles.